The molecular formula is C15H23N3O6. The second-order valence-electron chi connectivity index (χ2n) is 5.40. The van der Waals surface area contributed by atoms with Gasteiger partial charge in [-0.3, -0.25) is 4.79 Å². The van der Waals surface area contributed by atoms with Crippen LogP contribution in [0.5, 0.6) is 0 Å². The van der Waals surface area contributed by atoms with E-state index >= 15 is 0 Å². The largest absolute Gasteiger partial charge is 0.394 e. The Balaban J connectivity index is 2.58. The maximum Gasteiger partial charge on any atom is 0.271 e. The summed E-state index contributed by atoms with van der Waals surface area (Å²) in [7, 11) is 3.80. The van der Waals surface area contributed by atoms with Gasteiger partial charge in [-0.1, -0.05) is 12.1 Å². The molecular weight excluding hydrogens is 318 g/mol. The van der Waals surface area contributed by atoms with Gasteiger partial charge in [-0.2, -0.15) is 5.10 Å². The molecule has 0 aromatic heterocycles. The molecule has 1 amide bonds. The zero-order valence-corrected chi connectivity index (χ0v) is 13.4. The molecule has 9 nitrogen and oxygen atoms in total. The van der Waals surface area contributed by atoms with Gasteiger partial charge in [0.2, 0.25) is 0 Å². The topological polar surface area (TPSA) is 146 Å². The number of nitrogens with one attached hydrogen (secondary N) is 1. The molecule has 0 radical (unpaired) electrons. The van der Waals surface area contributed by atoms with Gasteiger partial charge in [0.15, 0.2) is 6.10 Å². The molecule has 0 bridgehead atoms. The monoisotopic (exact) mass is 341 g/mol. The highest BCUT2D eigenvalue weighted by Crippen LogP contribution is 2.11. The van der Waals surface area contributed by atoms with E-state index in [1.165, 1.54) is 6.21 Å². The SMILES string of the molecule is CN(C)c1ccc(/C=N/NC(=O)[C@H](O)[C@H](O)[C@H](O)[C@H](O)CO)cc1. The van der Waals surface area contributed by atoms with E-state index in [1.807, 2.05) is 36.6 Å². The highest BCUT2D eigenvalue weighted by molar-refractivity contribution is 5.84. The van der Waals surface area contributed by atoms with E-state index in [2.05, 4.69) is 5.10 Å². The van der Waals surface area contributed by atoms with Crippen molar-refractivity contribution in [3.63, 3.8) is 0 Å². The van der Waals surface area contributed by atoms with Gasteiger partial charge in [-0.15, -0.1) is 0 Å². The van der Waals surface area contributed by atoms with Crippen LogP contribution >= 0.6 is 0 Å². The number of hydrazone groups is 1. The molecule has 0 aliphatic carbocycles. The van der Waals surface area contributed by atoms with E-state index in [0.717, 1.165) is 5.69 Å². The van der Waals surface area contributed by atoms with Crippen LogP contribution in [0.2, 0.25) is 0 Å². The maximum atomic E-state index is 11.6. The number of carbonyl (C=O) groups excluding carboxylic acids is 1. The van der Waals surface area contributed by atoms with Crippen molar-refractivity contribution in [1.29, 1.82) is 0 Å². The Kier molecular flexibility index (Phi) is 7.75. The summed E-state index contributed by atoms with van der Waals surface area (Å²) in [6.45, 7) is -0.826. The van der Waals surface area contributed by atoms with Gasteiger partial charge in [0, 0.05) is 19.8 Å². The molecule has 24 heavy (non-hydrogen) atoms. The number of hydrogen-bond donors (Lipinski definition) is 6. The molecule has 1 aromatic carbocycles. The smallest absolute Gasteiger partial charge is 0.271 e. The van der Waals surface area contributed by atoms with Crippen molar-refractivity contribution in [3.8, 4) is 0 Å². The number of carbonyl (C=O) groups is 1. The lowest BCUT2D eigenvalue weighted by atomic mass is 10.0. The van der Waals surface area contributed by atoms with Crippen molar-refractivity contribution in [2.24, 2.45) is 5.10 Å². The molecule has 1 rings (SSSR count). The van der Waals surface area contributed by atoms with Crippen molar-refractivity contribution in [1.82, 2.24) is 5.43 Å². The summed E-state index contributed by atoms with van der Waals surface area (Å²) in [4.78, 5) is 13.6. The minimum absolute atomic E-state index is 0.701. The molecule has 0 aliphatic rings. The van der Waals surface area contributed by atoms with E-state index in [1.54, 1.807) is 12.1 Å². The molecule has 0 unspecified atom stereocenters. The van der Waals surface area contributed by atoms with Crippen LogP contribution in [0.15, 0.2) is 29.4 Å². The van der Waals surface area contributed by atoms with Gasteiger partial charge < -0.3 is 30.4 Å². The molecule has 134 valence electrons. The van der Waals surface area contributed by atoms with Crippen LogP contribution < -0.4 is 10.3 Å². The Labute approximate surface area is 139 Å². The molecule has 0 spiro atoms. The van der Waals surface area contributed by atoms with Crippen LogP contribution in [0.25, 0.3) is 0 Å². The minimum atomic E-state index is -2.02. The fourth-order valence-corrected chi connectivity index (χ4v) is 1.77. The number of benzene rings is 1. The van der Waals surface area contributed by atoms with E-state index < -0.39 is 36.9 Å². The first-order valence-electron chi connectivity index (χ1n) is 7.21. The molecule has 0 saturated carbocycles. The number of aliphatic hydroxyl groups excluding tert-OH is 5. The third-order valence-electron chi connectivity index (χ3n) is 3.32. The molecule has 0 fully saturated rings. The van der Waals surface area contributed by atoms with Crippen LogP contribution in [0.3, 0.4) is 0 Å². The number of aliphatic hydroxyl groups is 5. The number of rotatable bonds is 8. The Morgan fingerprint density at radius 3 is 2.25 bits per heavy atom. The van der Waals surface area contributed by atoms with Crippen molar-refractivity contribution in [3.05, 3.63) is 29.8 Å². The average molecular weight is 341 g/mol. The molecule has 1 aromatic rings. The van der Waals surface area contributed by atoms with Crippen molar-refractivity contribution in [2.75, 3.05) is 25.6 Å². The molecule has 0 heterocycles. The van der Waals surface area contributed by atoms with Crippen LogP contribution in [-0.2, 0) is 4.79 Å². The van der Waals surface area contributed by atoms with E-state index in [-0.39, 0.29) is 0 Å². The summed E-state index contributed by atoms with van der Waals surface area (Å²) < 4.78 is 0. The molecule has 0 aliphatic heterocycles. The Morgan fingerprint density at radius 2 is 1.75 bits per heavy atom. The summed E-state index contributed by atoms with van der Waals surface area (Å²) in [5.41, 5.74) is 3.71. The molecule has 0 saturated heterocycles. The third-order valence-corrected chi connectivity index (χ3v) is 3.32. The quantitative estimate of drug-likeness (QED) is 0.229. The molecule has 4 atom stereocenters. The standard InChI is InChI=1S/C15H23N3O6/c1-18(2)10-5-3-9(4-6-10)7-16-17-15(24)14(23)13(22)12(21)11(20)8-19/h3-7,11-14,19-23H,8H2,1-2H3,(H,17,24)/b16-7+/t11-,12-,13-,14-/m1/s1. The predicted molar refractivity (Wildman–Crippen MR) is 87.6 cm³/mol. The summed E-state index contributed by atoms with van der Waals surface area (Å²) in [5.74, 6) is -1.06. The minimum Gasteiger partial charge on any atom is -0.394 e. The fourth-order valence-electron chi connectivity index (χ4n) is 1.77. The van der Waals surface area contributed by atoms with Crippen molar-refractivity contribution in [2.45, 2.75) is 24.4 Å². The van der Waals surface area contributed by atoms with E-state index in [9.17, 15) is 25.2 Å². The molecule has 6 N–H and O–H groups in total. The second-order valence-corrected chi connectivity index (χ2v) is 5.40. The Morgan fingerprint density at radius 1 is 1.17 bits per heavy atom. The normalized spacial score (nSPS) is 16.5. The summed E-state index contributed by atoms with van der Waals surface area (Å²) in [6.07, 6.45) is -6.20. The molecule has 9 heteroatoms. The first-order chi connectivity index (χ1) is 11.3. The first-order valence-corrected chi connectivity index (χ1v) is 7.21. The Hall–Kier alpha value is -2.04. The van der Waals surface area contributed by atoms with E-state index in [4.69, 9.17) is 5.11 Å². The highest BCUT2D eigenvalue weighted by atomic mass is 16.4. The van der Waals surface area contributed by atoms with Crippen LogP contribution in [-0.4, -0.2) is 82.8 Å². The Bertz CT molecular complexity index is 549. The zero-order chi connectivity index (χ0) is 18.3. The zero-order valence-electron chi connectivity index (χ0n) is 13.4. The number of amides is 1. The van der Waals surface area contributed by atoms with Crippen LogP contribution in [0.4, 0.5) is 5.69 Å². The maximum absolute atomic E-state index is 11.6. The third kappa shape index (κ3) is 5.55. The van der Waals surface area contributed by atoms with Gasteiger partial charge in [-0.05, 0) is 17.7 Å². The number of nitrogens with zero attached hydrogens (tertiary/aromatic N) is 2. The lowest BCUT2D eigenvalue weighted by Crippen LogP contribution is -2.50. The van der Waals surface area contributed by atoms with Crippen LogP contribution in [0.1, 0.15) is 5.56 Å². The van der Waals surface area contributed by atoms with Gasteiger partial charge in [-0.25, -0.2) is 5.43 Å². The lowest BCUT2D eigenvalue weighted by molar-refractivity contribution is -0.148. The predicted octanol–water partition coefficient (Wildman–Crippen LogP) is -2.36. The number of hydrogen-bond acceptors (Lipinski definition) is 8. The number of anilines is 1. The van der Waals surface area contributed by atoms with Crippen molar-refractivity contribution >= 4 is 17.8 Å². The average Bonchev–Trinajstić information content (AvgIpc) is 2.59. The van der Waals surface area contributed by atoms with Crippen molar-refractivity contribution < 1.29 is 30.3 Å². The first kappa shape index (κ1) is 20.0. The summed E-state index contributed by atoms with van der Waals surface area (Å²) >= 11 is 0. The summed E-state index contributed by atoms with van der Waals surface area (Å²) in [6, 6.07) is 7.26. The van der Waals surface area contributed by atoms with Gasteiger partial charge in [0.25, 0.3) is 5.91 Å². The second kappa shape index (κ2) is 9.30. The lowest BCUT2D eigenvalue weighted by Gasteiger charge is -2.24. The van der Waals surface area contributed by atoms with Gasteiger partial charge >= 0.3 is 0 Å². The van der Waals surface area contributed by atoms with Gasteiger partial charge in [0.1, 0.15) is 18.3 Å². The highest BCUT2D eigenvalue weighted by Gasteiger charge is 2.34. The fraction of sp³-hybridized carbons (Fsp3) is 0.467. The van der Waals surface area contributed by atoms with Crippen LogP contribution in [0, 0.1) is 0 Å². The summed E-state index contributed by atoms with van der Waals surface area (Å²) in [5, 5.41) is 50.1. The van der Waals surface area contributed by atoms with E-state index in [0.29, 0.717) is 5.56 Å². The van der Waals surface area contributed by atoms with Gasteiger partial charge in [0.05, 0.1) is 12.8 Å².